The van der Waals surface area contributed by atoms with E-state index in [1.54, 1.807) is 0 Å². The molecule has 0 aliphatic carbocycles. The third-order valence-corrected chi connectivity index (χ3v) is 1.21. The summed E-state index contributed by atoms with van der Waals surface area (Å²) in [6, 6.07) is 0. The van der Waals surface area contributed by atoms with Crippen LogP contribution >= 0.6 is 9.90 Å². The van der Waals surface area contributed by atoms with E-state index in [0.717, 1.165) is 0 Å². The number of piperidine rings is 1. The Morgan fingerprint density at radius 3 is 1.57 bits per heavy atom. The van der Waals surface area contributed by atoms with E-state index in [0.29, 0.717) is 0 Å². The molecular weight excluding hydrogens is 105 g/mol. The summed E-state index contributed by atoms with van der Waals surface area (Å²) >= 11 is 0. The topological polar surface area (TPSA) is 12.0 Å². The molecule has 7 heavy (non-hydrogen) atoms. The molecule has 0 bridgehead atoms. The minimum Gasteiger partial charge on any atom is -0.317 e. The van der Waals surface area contributed by atoms with Crippen LogP contribution in [0.1, 0.15) is 19.3 Å². The number of hydrogen-bond acceptors (Lipinski definition) is 1. The average molecular weight is 116 g/mol. The Hall–Kier alpha value is 0.390. The van der Waals surface area contributed by atoms with E-state index < -0.39 is 0 Å². The van der Waals surface area contributed by atoms with Gasteiger partial charge < -0.3 is 5.32 Å². The van der Waals surface area contributed by atoms with Crippen LogP contribution in [0.4, 0.5) is 0 Å². The first kappa shape index (κ1) is 7.39. The lowest BCUT2D eigenvalue weighted by Crippen LogP contribution is -2.21. The van der Waals surface area contributed by atoms with Crippen molar-refractivity contribution >= 4 is 9.90 Å². The van der Waals surface area contributed by atoms with Gasteiger partial charge in [-0.1, -0.05) is 6.42 Å². The lowest BCUT2D eigenvalue weighted by molar-refractivity contribution is 0.520. The molecule has 0 unspecified atom stereocenters. The van der Waals surface area contributed by atoms with E-state index in [9.17, 15) is 0 Å². The van der Waals surface area contributed by atoms with Crippen molar-refractivity contribution in [2.75, 3.05) is 13.1 Å². The molecule has 0 atom stereocenters. The largest absolute Gasteiger partial charge is 0.317 e. The van der Waals surface area contributed by atoms with Gasteiger partial charge in [-0.15, -0.1) is 0 Å². The Bertz CT molecular complexity index is 23.6. The monoisotopic (exact) mass is 116 g/mol. The maximum absolute atomic E-state index is 3.28. The standard InChI is InChI=1S/C5H11N.P/c1-2-4-6-5-3-1;/h6H,1-5H2;. The van der Waals surface area contributed by atoms with Crippen LogP contribution in [0.2, 0.25) is 0 Å². The highest BCUT2D eigenvalue weighted by Crippen LogP contribution is 1.96. The van der Waals surface area contributed by atoms with Gasteiger partial charge in [0.05, 0.1) is 0 Å². The summed E-state index contributed by atoms with van der Waals surface area (Å²) in [7, 11) is 0. The average Bonchev–Trinajstić information content (AvgIpc) is 1.72. The second-order valence-electron chi connectivity index (χ2n) is 1.81. The molecule has 0 spiro atoms. The van der Waals surface area contributed by atoms with Crippen LogP contribution in [0.3, 0.4) is 0 Å². The van der Waals surface area contributed by atoms with Gasteiger partial charge in [-0.25, -0.2) is 0 Å². The summed E-state index contributed by atoms with van der Waals surface area (Å²) in [6.45, 7) is 2.50. The molecule has 1 nitrogen and oxygen atoms in total. The van der Waals surface area contributed by atoms with Gasteiger partial charge in [-0.2, -0.15) is 0 Å². The normalized spacial score (nSPS) is 20.6. The first-order valence-electron chi connectivity index (χ1n) is 2.71. The summed E-state index contributed by atoms with van der Waals surface area (Å²) < 4.78 is 0. The van der Waals surface area contributed by atoms with Crippen LogP contribution in [-0.2, 0) is 0 Å². The first-order chi connectivity index (χ1) is 3.00. The first-order valence-corrected chi connectivity index (χ1v) is 2.71. The number of hydrogen-bond donors (Lipinski definition) is 1. The smallest absolute Gasteiger partial charge is 0 e. The maximum atomic E-state index is 3.28. The Kier molecular flexibility index (Phi) is 4.80. The van der Waals surface area contributed by atoms with Crippen LogP contribution in [0.25, 0.3) is 0 Å². The van der Waals surface area contributed by atoms with E-state index >= 15 is 0 Å². The molecule has 3 radical (unpaired) electrons. The van der Waals surface area contributed by atoms with Crippen LogP contribution < -0.4 is 5.32 Å². The molecule has 0 aromatic rings. The SMILES string of the molecule is C1CCNCC1.[P]. The fourth-order valence-electron chi connectivity index (χ4n) is 0.802. The molecule has 0 amide bonds. The van der Waals surface area contributed by atoms with Gasteiger partial charge in [0.25, 0.3) is 0 Å². The molecule has 1 rings (SSSR count). The minimum absolute atomic E-state index is 0. The van der Waals surface area contributed by atoms with Crippen molar-refractivity contribution in [3.63, 3.8) is 0 Å². The van der Waals surface area contributed by atoms with Gasteiger partial charge in [0, 0.05) is 9.90 Å². The fraction of sp³-hybridized carbons (Fsp3) is 1.00. The van der Waals surface area contributed by atoms with E-state index in [-0.39, 0.29) is 9.90 Å². The van der Waals surface area contributed by atoms with Gasteiger partial charge in [-0.3, -0.25) is 0 Å². The Morgan fingerprint density at radius 1 is 0.857 bits per heavy atom. The van der Waals surface area contributed by atoms with Crippen molar-refractivity contribution in [3.8, 4) is 0 Å². The molecule has 1 heterocycles. The van der Waals surface area contributed by atoms with E-state index in [4.69, 9.17) is 0 Å². The lowest BCUT2D eigenvalue weighted by atomic mass is 10.2. The summed E-state index contributed by atoms with van der Waals surface area (Å²) in [5.41, 5.74) is 0. The van der Waals surface area contributed by atoms with Gasteiger partial charge in [0.15, 0.2) is 0 Å². The van der Waals surface area contributed by atoms with Crippen molar-refractivity contribution in [2.45, 2.75) is 19.3 Å². The predicted octanol–water partition coefficient (Wildman–Crippen LogP) is 1.62. The molecule has 1 fully saturated rings. The highest BCUT2D eigenvalue weighted by molar-refractivity contribution is 6.92. The fourth-order valence-corrected chi connectivity index (χ4v) is 0.802. The summed E-state index contributed by atoms with van der Waals surface area (Å²) in [4.78, 5) is 0. The maximum Gasteiger partial charge on any atom is 0 e. The highest BCUT2D eigenvalue weighted by atomic mass is 31.0. The van der Waals surface area contributed by atoms with Gasteiger partial charge in [-0.05, 0) is 25.9 Å². The third kappa shape index (κ3) is 3.02. The third-order valence-electron chi connectivity index (χ3n) is 1.21. The van der Waals surface area contributed by atoms with Crippen molar-refractivity contribution in [3.05, 3.63) is 0 Å². The molecule has 1 saturated heterocycles. The molecule has 1 aliphatic rings. The zero-order valence-electron chi connectivity index (χ0n) is 4.48. The second-order valence-corrected chi connectivity index (χ2v) is 1.81. The second kappa shape index (κ2) is 4.55. The van der Waals surface area contributed by atoms with Crippen LogP contribution in [-0.4, -0.2) is 13.1 Å². The van der Waals surface area contributed by atoms with Gasteiger partial charge >= 0.3 is 0 Å². The number of rotatable bonds is 0. The minimum atomic E-state index is 0. The Labute approximate surface area is 48.5 Å². The molecule has 2 heteroatoms. The van der Waals surface area contributed by atoms with E-state index in [1.807, 2.05) is 0 Å². The molecule has 1 N–H and O–H groups in total. The van der Waals surface area contributed by atoms with Crippen molar-refractivity contribution in [2.24, 2.45) is 0 Å². The molecule has 0 saturated carbocycles. The van der Waals surface area contributed by atoms with E-state index in [1.165, 1.54) is 32.4 Å². The summed E-state index contributed by atoms with van der Waals surface area (Å²) in [5, 5.41) is 3.28. The van der Waals surface area contributed by atoms with Crippen LogP contribution in [0.15, 0.2) is 0 Å². The predicted molar refractivity (Wildman–Crippen MR) is 33.6 cm³/mol. The molecule has 41 valence electrons. The van der Waals surface area contributed by atoms with Gasteiger partial charge in [0.2, 0.25) is 0 Å². The van der Waals surface area contributed by atoms with Crippen molar-refractivity contribution < 1.29 is 0 Å². The number of nitrogens with one attached hydrogen (secondary N) is 1. The zero-order valence-corrected chi connectivity index (χ0v) is 5.38. The van der Waals surface area contributed by atoms with E-state index in [2.05, 4.69) is 5.32 Å². The quantitative estimate of drug-likeness (QED) is 0.474. The van der Waals surface area contributed by atoms with Crippen molar-refractivity contribution in [1.29, 1.82) is 0 Å². The molecule has 0 aromatic heterocycles. The Balaban J connectivity index is 0.000000360. The Morgan fingerprint density at radius 2 is 1.43 bits per heavy atom. The van der Waals surface area contributed by atoms with Crippen molar-refractivity contribution in [1.82, 2.24) is 5.32 Å². The van der Waals surface area contributed by atoms with Crippen LogP contribution in [0.5, 0.6) is 0 Å². The molecule has 1 aliphatic heterocycles. The van der Waals surface area contributed by atoms with Crippen LogP contribution in [0, 0.1) is 0 Å². The molecular formula is C5H11NP. The highest BCUT2D eigenvalue weighted by Gasteiger charge is 1.93. The summed E-state index contributed by atoms with van der Waals surface area (Å²) in [5.74, 6) is 0. The summed E-state index contributed by atoms with van der Waals surface area (Å²) in [6.07, 6.45) is 4.22. The lowest BCUT2D eigenvalue weighted by Gasteiger charge is -2.08. The molecule has 0 aromatic carbocycles. The van der Waals surface area contributed by atoms with Gasteiger partial charge in [0.1, 0.15) is 0 Å². The zero-order chi connectivity index (χ0) is 4.24.